The molecule has 0 aliphatic rings. The molecule has 0 aliphatic carbocycles. The molecule has 0 bridgehead atoms. The zero-order chi connectivity index (χ0) is 12.1. The van der Waals surface area contributed by atoms with Crippen LogP contribution in [-0.2, 0) is 9.59 Å². The van der Waals surface area contributed by atoms with Crippen molar-refractivity contribution in [3.8, 4) is 0 Å². The molecule has 5 heteroatoms. The summed E-state index contributed by atoms with van der Waals surface area (Å²) in [6.45, 7) is 1.28. The van der Waals surface area contributed by atoms with E-state index in [1.54, 1.807) is 0 Å². The van der Waals surface area contributed by atoms with Gasteiger partial charge in [0.2, 0.25) is 5.91 Å². The second-order valence-electron chi connectivity index (χ2n) is 3.38. The largest absolute Gasteiger partial charge is 0.550 e. The number of hydrogen-bond acceptors (Lipinski definition) is 3. The van der Waals surface area contributed by atoms with E-state index in [1.165, 1.54) is 31.2 Å². The highest BCUT2D eigenvalue weighted by molar-refractivity contribution is 5.74. The fourth-order valence-electron chi connectivity index (χ4n) is 1.36. The average Bonchev–Trinajstić information content (AvgIpc) is 2.16. The lowest BCUT2D eigenvalue weighted by Gasteiger charge is -2.18. The van der Waals surface area contributed by atoms with Gasteiger partial charge < -0.3 is 15.2 Å². The number of carbonyl (C=O) groups is 2. The van der Waals surface area contributed by atoms with Crippen LogP contribution >= 0.6 is 0 Å². The summed E-state index contributed by atoms with van der Waals surface area (Å²) >= 11 is 0. The van der Waals surface area contributed by atoms with Gasteiger partial charge in [0.05, 0.1) is 6.04 Å². The quantitative estimate of drug-likeness (QED) is 0.791. The highest BCUT2D eigenvalue weighted by atomic mass is 19.1. The number of carboxylic acids is 1. The number of benzene rings is 1. The predicted molar refractivity (Wildman–Crippen MR) is 52.6 cm³/mol. The van der Waals surface area contributed by atoms with Crippen molar-refractivity contribution in [1.29, 1.82) is 0 Å². The van der Waals surface area contributed by atoms with E-state index < -0.39 is 17.8 Å². The van der Waals surface area contributed by atoms with Gasteiger partial charge in [-0.1, -0.05) is 12.1 Å². The molecule has 0 radical (unpaired) electrons. The monoisotopic (exact) mass is 224 g/mol. The van der Waals surface area contributed by atoms with Crippen molar-refractivity contribution in [2.24, 2.45) is 0 Å². The molecule has 0 spiro atoms. The Balaban J connectivity index is 2.86. The van der Waals surface area contributed by atoms with Gasteiger partial charge in [0.1, 0.15) is 5.82 Å². The van der Waals surface area contributed by atoms with Crippen molar-refractivity contribution >= 4 is 11.9 Å². The number of carboxylic acid groups (broad SMARTS) is 1. The Hall–Kier alpha value is -1.91. The third kappa shape index (κ3) is 3.68. The Kier molecular flexibility index (Phi) is 3.99. The maximum atomic E-state index is 12.7. The Labute approximate surface area is 92.1 Å². The van der Waals surface area contributed by atoms with Crippen LogP contribution in [0.25, 0.3) is 0 Å². The normalized spacial score (nSPS) is 11.9. The third-order valence-corrected chi connectivity index (χ3v) is 2.02. The van der Waals surface area contributed by atoms with Gasteiger partial charge >= 0.3 is 0 Å². The van der Waals surface area contributed by atoms with Gasteiger partial charge in [-0.3, -0.25) is 4.79 Å². The summed E-state index contributed by atoms with van der Waals surface area (Å²) in [7, 11) is 0. The maximum absolute atomic E-state index is 12.7. The van der Waals surface area contributed by atoms with Crippen LogP contribution in [0.1, 0.15) is 24.9 Å². The second-order valence-corrected chi connectivity index (χ2v) is 3.38. The van der Waals surface area contributed by atoms with Gasteiger partial charge in [0, 0.05) is 19.3 Å². The first kappa shape index (κ1) is 12.2. The molecule has 16 heavy (non-hydrogen) atoms. The van der Waals surface area contributed by atoms with Crippen molar-refractivity contribution in [3.05, 3.63) is 35.6 Å². The number of aliphatic carboxylic acids is 1. The molecule has 1 aromatic rings. The molecule has 0 saturated heterocycles. The zero-order valence-electron chi connectivity index (χ0n) is 8.70. The van der Waals surface area contributed by atoms with Crippen molar-refractivity contribution in [2.75, 3.05) is 0 Å². The number of amides is 1. The van der Waals surface area contributed by atoms with Crippen LogP contribution in [-0.4, -0.2) is 11.9 Å². The molecule has 1 unspecified atom stereocenters. The smallest absolute Gasteiger partial charge is 0.217 e. The average molecular weight is 224 g/mol. The van der Waals surface area contributed by atoms with Crippen LogP contribution < -0.4 is 10.4 Å². The van der Waals surface area contributed by atoms with Crippen LogP contribution in [0, 0.1) is 5.82 Å². The van der Waals surface area contributed by atoms with Crippen LogP contribution in [0.4, 0.5) is 4.39 Å². The number of hydrogen-bond donors (Lipinski definition) is 1. The van der Waals surface area contributed by atoms with E-state index in [1.807, 2.05) is 0 Å². The van der Waals surface area contributed by atoms with E-state index in [0.29, 0.717) is 5.56 Å². The van der Waals surface area contributed by atoms with Crippen LogP contribution in [0.15, 0.2) is 24.3 Å². The van der Waals surface area contributed by atoms with E-state index in [2.05, 4.69) is 5.32 Å². The molecule has 1 aromatic carbocycles. The number of rotatable bonds is 4. The van der Waals surface area contributed by atoms with Crippen LogP contribution in [0.3, 0.4) is 0 Å². The molecule has 0 saturated carbocycles. The minimum atomic E-state index is -1.27. The summed E-state index contributed by atoms with van der Waals surface area (Å²) in [5.74, 6) is -2.04. The van der Waals surface area contributed by atoms with Crippen molar-refractivity contribution in [3.63, 3.8) is 0 Å². The zero-order valence-corrected chi connectivity index (χ0v) is 8.70. The molecule has 1 rings (SSSR count). The molecule has 0 heterocycles. The minimum Gasteiger partial charge on any atom is -0.550 e. The molecular formula is C11H11FNO3-. The van der Waals surface area contributed by atoms with Crippen molar-refractivity contribution < 1.29 is 19.1 Å². The van der Waals surface area contributed by atoms with Crippen molar-refractivity contribution in [1.82, 2.24) is 5.32 Å². The van der Waals surface area contributed by atoms with Gasteiger partial charge in [-0.05, 0) is 17.7 Å². The van der Waals surface area contributed by atoms with Gasteiger partial charge in [0.15, 0.2) is 0 Å². The Bertz CT molecular complexity index is 373. The number of nitrogens with one attached hydrogen (secondary N) is 1. The van der Waals surface area contributed by atoms with E-state index in [0.717, 1.165) is 0 Å². The summed E-state index contributed by atoms with van der Waals surface area (Å²) in [5, 5.41) is 13.0. The topological polar surface area (TPSA) is 69.2 Å². The molecule has 0 fully saturated rings. The summed E-state index contributed by atoms with van der Waals surface area (Å²) in [5.41, 5.74) is 0.529. The predicted octanol–water partition coefficient (Wildman–Crippen LogP) is 0.143. The lowest BCUT2D eigenvalue weighted by Crippen LogP contribution is -2.33. The van der Waals surface area contributed by atoms with E-state index in [4.69, 9.17) is 0 Å². The summed E-state index contributed by atoms with van der Waals surface area (Å²) in [4.78, 5) is 21.4. The van der Waals surface area contributed by atoms with Gasteiger partial charge in [0.25, 0.3) is 0 Å². The first-order chi connectivity index (χ1) is 7.49. The first-order valence-corrected chi connectivity index (χ1v) is 4.71. The number of carbonyl (C=O) groups excluding carboxylic acids is 2. The fraction of sp³-hybridized carbons (Fsp3) is 0.273. The van der Waals surface area contributed by atoms with E-state index >= 15 is 0 Å². The standard InChI is InChI=1S/C11H12FNO3/c1-7(14)13-10(6-11(15)16)8-2-4-9(12)5-3-8/h2-5,10H,6H2,1H3,(H,13,14)(H,15,16)/p-1. The molecular weight excluding hydrogens is 213 g/mol. The third-order valence-electron chi connectivity index (χ3n) is 2.02. The Morgan fingerprint density at radius 2 is 1.94 bits per heavy atom. The summed E-state index contributed by atoms with van der Waals surface area (Å²) < 4.78 is 12.7. The maximum Gasteiger partial charge on any atom is 0.217 e. The lowest BCUT2D eigenvalue weighted by atomic mass is 10.0. The molecule has 0 aliphatic heterocycles. The Morgan fingerprint density at radius 1 is 1.38 bits per heavy atom. The van der Waals surface area contributed by atoms with Gasteiger partial charge in [-0.25, -0.2) is 4.39 Å². The van der Waals surface area contributed by atoms with Crippen LogP contribution in [0.5, 0.6) is 0 Å². The molecule has 1 N–H and O–H groups in total. The SMILES string of the molecule is CC(=O)NC(CC(=O)[O-])c1ccc(F)cc1. The second kappa shape index (κ2) is 5.25. The summed E-state index contributed by atoms with van der Waals surface area (Å²) in [6.07, 6.45) is -0.342. The molecule has 1 atom stereocenters. The molecule has 1 amide bonds. The van der Waals surface area contributed by atoms with E-state index in [-0.39, 0.29) is 12.3 Å². The fourth-order valence-corrected chi connectivity index (χ4v) is 1.36. The Morgan fingerprint density at radius 3 is 2.38 bits per heavy atom. The highest BCUT2D eigenvalue weighted by Gasteiger charge is 2.12. The molecule has 4 nitrogen and oxygen atoms in total. The highest BCUT2D eigenvalue weighted by Crippen LogP contribution is 2.16. The van der Waals surface area contributed by atoms with E-state index in [9.17, 15) is 19.1 Å². The summed E-state index contributed by atoms with van der Waals surface area (Å²) in [6, 6.07) is 4.58. The van der Waals surface area contributed by atoms with Crippen LogP contribution in [0.2, 0.25) is 0 Å². The lowest BCUT2D eigenvalue weighted by molar-refractivity contribution is -0.306. The minimum absolute atomic E-state index is 0.342. The molecule has 86 valence electrons. The van der Waals surface area contributed by atoms with Gasteiger partial charge in [-0.15, -0.1) is 0 Å². The molecule has 0 aromatic heterocycles. The van der Waals surface area contributed by atoms with Crippen molar-refractivity contribution in [2.45, 2.75) is 19.4 Å². The van der Waals surface area contributed by atoms with Gasteiger partial charge in [-0.2, -0.15) is 0 Å². The first-order valence-electron chi connectivity index (χ1n) is 4.71. The number of halogens is 1.